The lowest BCUT2D eigenvalue weighted by atomic mass is 10.3. The van der Waals surface area contributed by atoms with Crippen LogP contribution in [0.5, 0.6) is 0 Å². The van der Waals surface area contributed by atoms with Crippen molar-refractivity contribution in [2.45, 2.75) is 4.90 Å². The number of rotatable bonds is 6. The highest BCUT2D eigenvalue weighted by atomic mass is 32.2. The number of sulfonamides is 2. The Hall–Kier alpha value is -1.76. The Labute approximate surface area is 115 Å². The molecular formula is C8H12N4O6S2. The monoisotopic (exact) mass is 324 g/mol. The summed E-state index contributed by atoms with van der Waals surface area (Å²) in [6, 6.07) is 2.93. The first-order valence-electron chi connectivity index (χ1n) is 5.07. The Morgan fingerprint density at radius 2 is 1.85 bits per heavy atom. The van der Waals surface area contributed by atoms with E-state index < -0.39 is 47.9 Å². The molecule has 0 aliphatic heterocycles. The van der Waals surface area contributed by atoms with Crippen LogP contribution in [0.3, 0.4) is 0 Å². The zero-order valence-corrected chi connectivity index (χ0v) is 11.6. The fraction of sp³-hybridized carbons (Fsp3) is 0.250. The van der Waals surface area contributed by atoms with E-state index in [2.05, 4.69) is 0 Å². The van der Waals surface area contributed by atoms with E-state index in [4.69, 9.17) is 10.9 Å². The predicted molar refractivity (Wildman–Crippen MR) is 70.7 cm³/mol. The van der Waals surface area contributed by atoms with Crippen LogP contribution in [-0.4, -0.2) is 34.1 Å². The fourth-order valence-electron chi connectivity index (χ4n) is 1.25. The molecule has 1 rings (SSSR count). The molecule has 10 nitrogen and oxygen atoms in total. The molecule has 0 saturated carbocycles. The molecule has 0 heterocycles. The van der Waals surface area contributed by atoms with Crippen molar-refractivity contribution in [3.63, 3.8) is 0 Å². The molecule has 1 aromatic carbocycles. The zero-order chi connectivity index (χ0) is 15.6. The highest BCUT2D eigenvalue weighted by Gasteiger charge is 2.20. The van der Waals surface area contributed by atoms with E-state index in [1.807, 2.05) is 4.72 Å². The van der Waals surface area contributed by atoms with Crippen molar-refractivity contribution in [2.75, 3.05) is 18.0 Å². The Kier molecular flexibility index (Phi) is 4.65. The number of nitro benzene ring substituents is 1. The number of hydrogen-bond acceptors (Lipinski definition) is 7. The maximum absolute atomic E-state index is 11.8. The maximum atomic E-state index is 11.8. The third-order valence-corrected chi connectivity index (χ3v) is 4.42. The van der Waals surface area contributed by atoms with Crippen LogP contribution in [0.2, 0.25) is 0 Å². The molecule has 0 aliphatic carbocycles. The first-order chi connectivity index (χ1) is 9.03. The van der Waals surface area contributed by atoms with Crippen molar-refractivity contribution >= 4 is 31.4 Å². The number of benzene rings is 1. The van der Waals surface area contributed by atoms with Crippen molar-refractivity contribution in [1.82, 2.24) is 4.72 Å². The van der Waals surface area contributed by atoms with E-state index in [1.54, 1.807) is 0 Å². The third-order valence-electron chi connectivity index (χ3n) is 2.19. The minimum atomic E-state index is -4.09. The number of hydrogen-bond donors (Lipinski definition) is 3. The SMILES string of the molecule is Nc1ccc(S(=O)(=O)NCCS(N)(=O)=O)cc1[N+](=O)[O-]. The van der Waals surface area contributed by atoms with Gasteiger partial charge in [0.25, 0.3) is 5.69 Å². The topological polar surface area (TPSA) is 175 Å². The number of nitrogens with one attached hydrogen (secondary N) is 1. The molecule has 12 heteroatoms. The molecule has 0 bridgehead atoms. The van der Waals surface area contributed by atoms with Crippen LogP contribution in [0.15, 0.2) is 23.1 Å². The summed E-state index contributed by atoms with van der Waals surface area (Å²) in [4.78, 5) is 9.44. The second-order valence-corrected chi connectivity index (χ2v) is 7.24. The van der Waals surface area contributed by atoms with Gasteiger partial charge in [-0.2, -0.15) is 0 Å². The average molecular weight is 324 g/mol. The van der Waals surface area contributed by atoms with Crippen LogP contribution >= 0.6 is 0 Å². The highest BCUT2D eigenvalue weighted by molar-refractivity contribution is 7.90. The van der Waals surface area contributed by atoms with Crippen molar-refractivity contribution in [3.05, 3.63) is 28.3 Å². The van der Waals surface area contributed by atoms with Gasteiger partial charge in [0.1, 0.15) is 5.69 Å². The van der Waals surface area contributed by atoms with Crippen LogP contribution < -0.4 is 15.6 Å². The summed E-state index contributed by atoms with van der Waals surface area (Å²) in [5.74, 6) is -0.594. The van der Waals surface area contributed by atoms with Crippen molar-refractivity contribution in [3.8, 4) is 0 Å². The molecule has 20 heavy (non-hydrogen) atoms. The van der Waals surface area contributed by atoms with Crippen molar-refractivity contribution < 1.29 is 21.8 Å². The van der Waals surface area contributed by atoms with Gasteiger partial charge in [0.15, 0.2) is 0 Å². The minimum Gasteiger partial charge on any atom is -0.393 e. The quantitative estimate of drug-likeness (QED) is 0.332. The predicted octanol–water partition coefficient (Wildman–Crippen LogP) is -1.26. The summed E-state index contributed by atoms with van der Waals surface area (Å²) in [5, 5.41) is 15.4. The first kappa shape index (κ1) is 16.3. The summed E-state index contributed by atoms with van der Waals surface area (Å²) in [5.41, 5.74) is 4.60. The van der Waals surface area contributed by atoms with Gasteiger partial charge in [-0.15, -0.1) is 0 Å². The lowest BCUT2D eigenvalue weighted by Crippen LogP contribution is -2.31. The van der Waals surface area contributed by atoms with E-state index >= 15 is 0 Å². The van der Waals surface area contributed by atoms with Gasteiger partial charge in [-0.1, -0.05) is 0 Å². The highest BCUT2D eigenvalue weighted by Crippen LogP contribution is 2.24. The zero-order valence-electron chi connectivity index (χ0n) is 10.0. The number of nitrogens with zero attached hydrogens (tertiary/aromatic N) is 1. The molecule has 0 aliphatic rings. The average Bonchev–Trinajstić information content (AvgIpc) is 2.26. The van der Waals surface area contributed by atoms with Crippen LogP contribution in [0.4, 0.5) is 11.4 Å². The molecule has 1 aromatic rings. The number of primary sulfonamides is 1. The van der Waals surface area contributed by atoms with Crippen LogP contribution in [0, 0.1) is 10.1 Å². The summed E-state index contributed by atoms with van der Waals surface area (Å²) >= 11 is 0. The summed E-state index contributed by atoms with van der Waals surface area (Å²) in [7, 11) is -7.90. The van der Waals surface area contributed by atoms with Crippen LogP contribution in [0.25, 0.3) is 0 Å². The number of nitrogen functional groups attached to an aromatic ring is 1. The van der Waals surface area contributed by atoms with Gasteiger partial charge < -0.3 is 5.73 Å². The smallest absolute Gasteiger partial charge is 0.293 e. The van der Waals surface area contributed by atoms with Gasteiger partial charge in [0, 0.05) is 12.6 Å². The third kappa shape index (κ3) is 4.41. The van der Waals surface area contributed by atoms with E-state index in [0.29, 0.717) is 0 Å². The van der Waals surface area contributed by atoms with E-state index in [9.17, 15) is 26.9 Å². The Morgan fingerprint density at radius 3 is 2.35 bits per heavy atom. The van der Waals surface area contributed by atoms with E-state index in [1.165, 1.54) is 0 Å². The first-order valence-corrected chi connectivity index (χ1v) is 8.27. The van der Waals surface area contributed by atoms with E-state index in [0.717, 1.165) is 18.2 Å². The molecule has 0 saturated heterocycles. The van der Waals surface area contributed by atoms with Gasteiger partial charge in [-0.3, -0.25) is 10.1 Å². The van der Waals surface area contributed by atoms with Crippen LogP contribution in [-0.2, 0) is 20.0 Å². The van der Waals surface area contributed by atoms with Gasteiger partial charge in [-0.25, -0.2) is 26.7 Å². The maximum Gasteiger partial charge on any atom is 0.293 e. The number of anilines is 1. The molecule has 0 atom stereocenters. The van der Waals surface area contributed by atoms with Crippen molar-refractivity contribution in [1.29, 1.82) is 0 Å². The summed E-state index contributed by atoms with van der Waals surface area (Å²) in [6.45, 7) is -0.445. The molecule has 0 spiro atoms. The molecule has 0 radical (unpaired) electrons. The molecular weight excluding hydrogens is 312 g/mol. The largest absolute Gasteiger partial charge is 0.393 e. The second-order valence-electron chi connectivity index (χ2n) is 3.74. The number of nitrogens with two attached hydrogens (primary N) is 2. The molecule has 5 N–H and O–H groups in total. The van der Waals surface area contributed by atoms with E-state index in [-0.39, 0.29) is 5.69 Å². The fourth-order valence-corrected chi connectivity index (χ4v) is 2.82. The lowest BCUT2D eigenvalue weighted by Gasteiger charge is -2.06. The Balaban J connectivity index is 2.99. The summed E-state index contributed by atoms with van der Waals surface area (Å²) in [6.07, 6.45) is 0. The van der Waals surface area contributed by atoms with Crippen LogP contribution in [0.1, 0.15) is 0 Å². The normalized spacial score (nSPS) is 12.2. The molecule has 0 fully saturated rings. The Bertz CT molecular complexity index is 727. The molecule has 0 amide bonds. The van der Waals surface area contributed by atoms with Gasteiger partial charge >= 0.3 is 0 Å². The lowest BCUT2D eigenvalue weighted by molar-refractivity contribution is -0.384. The van der Waals surface area contributed by atoms with Gasteiger partial charge in [0.2, 0.25) is 20.0 Å². The Morgan fingerprint density at radius 1 is 1.25 bits per heavy atom. The van der Waals surface area contributed by atoms with Gasteiger partial charge in [-0.05, 0) is 12.1 Å². The standard InChI is InChI=1S/C8H12N4O6S2/c9-7-2-1-6(5-8(7)12(13)14)20(17,18)11-3-4-19(10,15)16/h1-2,5,11H,3-4,9H2,(H2,10,15,16). The molecule has 112 valence electrons. The minimum absolute atomic E-state index is 0.182. The molecule has 0 unspecified atom stereocenters. The number of nitro groups is 1. The second kappa shape index (κ2) is 5.70. The summed E-state index contributed by atoms with van der Waals surface area (Å²) < 4.78 is 46.9. The van der Waals surface area contributed by atoms with Crippen molar-refractivity contribution in [2.24, 2.45) is 5.14 Å². The van der Waals surface area contributed by atoms with Gasteiger partial charge in [0.05, 0.1) is 15.6 Å². The molecule has 0 aromatic heterocycles.